The van der Waals surface area contributed by atoms with Gasteiger partial charge in [-0.1, -0.05) is 65.2 Å². The molecule has 4 unspecified atom stereocenters. The molecule has 0 aromatic carbocycles. The van der Waals surface area contributed by atoms with E-state index < -0.39 is 0 Å². The molecule has 2 aromatic rings. The molecule has 0 aliphatic carbocycles. The first-order valence-corrected chi connectivity index (χ1v) is 23.3. The molecule has 0 amide bonds. The van der Waals surface area contributed by atoms with Gasteiger partial charge in [0.15, 0.2) is 0 Å². The second kappa shape index (κ2) is 31.0. The van der Waals surface area contributed by atoms with Crippen LogP contribution in [-0.2, 0) is 6.61 Å². The molecule has 6 nitrogen and oxygen atoms in total. The summed E-state index contributed by atoms with van der Waals surface area (Å²) in [7, 11) is 1.62. The van der Waals surface area contributed by atoms with Crippen molar-refractivity contribution in [1.29, 1.82) is 0 Å². The van der Waals surface area contributed by atoms with E-state index in [-0.39, 0.29) is 18.8 Å². The minimum atomic E-state index is -0.298. The van der Waals surface area contributed by atoms with Crippen molar-refractivity contribution in [3.8, 4) is 17.2 Å². The molecule has 2 aromatic heterocycles. The molecule has 3 heterocycles. The molecule has 280 valence electrons. The molecule has 3 N–H and O–H groups in total. The van der Waals surface area contributed by atoms with Crippen LogP contribution in [0.5, 0.6) is 17.2 Å². The topological polar surface area (TPSA) is 88.4 Å². The number of unbranched alkanes of at least 4 members (excludes halogenated alkanes) is 12. The molecular weight excluding hydrogens is 734 g/mol. The maximum absolute atomic E-state index is 9.76. The Morgan fingerprint density at radius 3 is 1.48 bits per heavy atom. The third-order valence-corrected chi connectivity index (χ3v) is 12.0. The average molecular weight is 807 g/mol. The van der Waals surface area contributed by atoms with Crippen molar-refractivity contribution >= 4 is 29.0 Å². The van der Waals surface area contributed by atoms with Crippen molar-refractivity contribution in [3.63, 3.8) is 0 Å². The Morgan fingerprint density at radius 2 is 1.08 bits per heavy atom. The van der Waals surface area contributed by atoms with E-state index in [1.54, 1.807) is 7.11 Å². The average Bonchev–Trinajstić information content (AvgIpc) is 3.71. The van der Waals surface area contributed by atoms with Gasteiger partial charge in [0.1, 0.15) is 0 Å². The summed E-state index contributed by atoms with van der Waals surface area (Å²) >= 11 is 0.838. The van der Waals surface area contributed by atoms with Crippen LogP contribution >= 0.6 is 0 Å². The molecule has 0 bridgehead atoms. The van der Waals surface area contributed by atoms with Crippen LogP contribution in [0.25, 0.3) is 0 Å². The molecule has 0 spiro atoms. The molecule has 1 aliphatic heterocycles. The van der Waals surface area contributed by atoms with Crippen LogP contribution in [0, 0.1) is 0 Å². The van der Waals surface area contributed by atoms with E-state index in [4.69, 9.17) is 19.3 Å². The molecule has 8 heteroatoms. The van der Waals surface area contributed by atoms with Gasteiger partial charge >= 0.3 is 201 Å². The van der Waals surface area contributed by atoms with Gasteiger partial charge in [-0.05, 0) is 19.3 Å². The summed E-state index contributed by atoms with van der Waals surface area (Å²) in [5.41, 5.74) is 0.928. The number of hydrogen-bond donors (Lipinski definition) is 3. The van der Waals surface area contributed by atoms with E-state index in [0.29, 0.717) is 47.6 Å². The van der Waals surface area contributed by atoms with Gasteiger partial charge in [-0.2, -0.15) is 0 Å². The summed E-state index contributed by atoms with van der Waals surface area (Å²) in [5.74, 6) is 2.92. The Bertz CT molecular complexity index is 894. The van der Waals surface area contributed by atoms with Crippen LogP contribution in [0.4, 0.5) is 0 Å². The Kier molecular flexibility index (Phi) is 29.3. The second-order valence-corrected chi connectivity index (χ2v) is 16.5. The van der Waals surface area contributed by atoms with Crippen molar-refractivity contribution in [2.24, 2.45) is 0 Å². The molecule has 0 radical (unpaired) electrons. The third kappa shape index (κ3) is 22.2. The number of fused-ring (bicyclic) bond motifs is 1. The van der Waals surface area contributed by atoms with Crippen molar-refractivity contribution in [2.45, 2.75) is 200 Å². The van der Waals surface area contributed by atoms with Gasteiger partial charge in [0.05, 0.1) is 12.2 Å². The van der Waals surface area contributed by atoms with E-state index in [1.165, 1.54) is 103 Å². The van der Waals surface area contributed by atoms with Crippen molar-refractivity contribution in [2.75, 3.05) is 7.11 Å². The van der Waals surface area contributed by atoms with Gasteiger partial charge in [-0.25, -0.2) is 0 Å². The number of hydrogen-bond acceptors (Lipinski definition) is 6. The summed E-state index contributed by atoms with van der Waals surface area (Å²) < 4.78 is 17.5. The van der Waals surface area contributed by atoms with Gasteiger partial charge < -0.3 is 10.2 Å². The molecule has 0 saturated heterocycles. The fourth-order valence-corrected chi connectivity index (χ4v) is 8.96. The van der Waals surface area contributed by atoms with E-state index >= 15 is 0 Å². The Hall–Kier alpha value is -0.721. The van der Waals surface area contributed by atoms with Crippen LogP contribution in [0.2, 0.25) is 0 Å². The predicted molar refractivity (Wildman–Crippen MR) is 204 cm³/mol. The van der Waals surface area contributed by atoms with E-state index in [1.807, 2.05) is 9.88 Å². The summed E-state index contributed by atoms with van der Waals surface area (Å²) in [6.07, 6.45) is 26.0. The Morgan fingerprint density at radius 1 is 0.646 bits per heavy atom. The number of aliphatic hydroxyl groups is 3. The molecule has 48 heavy (non-hydrogen) atoms. The van der Waals surface area contributed by atoms with E-state index in [9.17, 15) is 10.2 Å². The number of aliphatic hydroxyl groups excluding tert-OH is 3. The number of methoxy groups -OCH3 is 1. The minimum absolute atomic E-state index is 0.0986. The third-order valence-electron chi connectivity index (χ3n) is 8.88. The first-order valence-electron chi connectivity index (χ1n) is 19.4. The van der Waals surface area contributed by atoms with Crippen LogP contribution in [0.1, 0.15) is 175 Å². The van der Waals surface area contributed by atoms with Crippen LogP contribution in [0.3, 0.4) is 0 Å². The quantitative estimate of drug-likeness (QED) is 0.0724. The first-order chi connectivity index (χ1) is 23.4. The Labute approximate surface area is 306 Å². The molecule has 4 atom stereocenters. The van der Waals surface area contributed by atoms with Gasteiger partial charge in [0.2, 0.25) is 0 Å². The standard InChI is InChI=1S/C19H32O2Se.C15H32O2.C6H8O2Se/c1-3-5-7-9-11-16-13-17(12-10-8-6-4-2)21-19-15-22-14-18(19)20-16;1-3-5-7-9-11-14(16)13-15(17)12-10-8-6-4-2;1-8-6-4-9-3-5(6)2-7/h14-17H,3-13H2,1-2H3;14-17H,3-13H2,1-2H3;3-4,7H,2H2,1H3. The monoisotopic (exact) mass is 808 g/mol. The van der Waals surface area contributed by atoms with E-state index in [2.05, 4.69) is 37.6 Å². The number of ether oxygens (including phenoxy) is 3. The maximum atomic E-state index is 9.76. The summed E-state index contributed by atoms with van der Waals surface area (Å²) in [6.45, 7) is 9.02. The van der Waals surface area contributed by atoms with Gasteiger partial charge in [-0.15, -0.1) is 0 Å². The van der Waals surface area contributed by atoms with Gasteiger partial charge in [-0.3, -0.25) is 0 Å². The predicted octanol–water partition coefficient (Wildman–Crippen LogP) is 9.87. The van der Waals surface area contributed by atoms with Crippen LogP contribution in [0.15, 0.2) is 19.8 Å². The zero-order chi connectivity index (χ0) is 35.2. The zero-order valence-corrected chi connectivity index (χ0v) is 34.7. The molecule has 3 rings (SSSR count). The number of rotatable bonds is 24. The Balaban J connectivity index is 0.000000392. The van der Waals surface area contributed by atoms with Crippen LogP contribution < -0.4 is 14.2 Å². The van der Waals surface area contributed by atoms with Crippen molar-refractivity contribution in [1.82, 2.24) is 0 Å². The normalized spacial score (nSPS) is 16.6. The molecule has 0 saturated carbocycles. The second-order valence-electron chi connectivity index (χ2n) is 13.4. The SMILES string of the molecule is CCCCCCC(O)CC(O)CCCCCC.CCCCCCC1CC(CCCCCC)Oc2c[se]cc2O1.COc1c[se]cc1CO. The fraction of sp³-hybridized carbons (Fsp3) is 0.800. The summed E-state index contributed by atoms with van der Waals surface area (Å²) in [5, 5.41) is 28.2. The molecule has 0 fully saturated rings. The zero-order valence-electron chi connectivity index (χ0n) is 31.3. The summed E-state index contributed by atoms with van der Waals surface area (Å²) in [6, 6.07) is 0. The van der Waals surface area contributed by atoms with Gasteiger partial charge in [0, 0.05) is 0 Å². The van der Waals surface area contributed by atoms with Gasteiger partial charge in [0.25, 0.3) is 0 Å². The van der Waals surface area contributed by atoms with Crippen molar-refractivity contribution in [3.05, 3.63) is 25.3 Å². The van der Waals surface area contributed by atoms with Crippen LogP contribution in [-0.4, -0.2) is 75.9 Å². The first kappa shape index (κ1) is 45.3. The molecule has 1 aliphatic rings. The van der Waals surface area contributed by atoms with E-state index in [0.717, 1.165) is 54.9 Å². The summed E-state index contributed by atoms with van der Waals surface area (Å²) in [4.78, 5) is 8.51. The molecular formula is C40H72O6Se2. The fourth-order valence-electron chi connectivity index (χ4n) is 5.91. The van der Waals surface area contributed by atoms with Crippen molar-refractivity contribution < 1.29 is 29.5 Å².